The maximum Gasteiger partial charge on any atom is 0.247 e. The summed E-state index contributed by atoms with van der Waals surface area (Å²) in [7, 11) is 0. The Balaban J connectivity index is 2.71. The van der Waals surface area contributed by atoms with Gasteiger partial charge in [0.05, 0.1) is 5.25 Å². The van der Waals surface area contributed by atoms with Crippen LogP contribution in [0.5, 0.6) is 0 Å². The highest BCUT2D eigenvalue weighted by atomic mass is 32.2. The fraction of sp³-hybridized carbons (Fsp3) is 0.364. The largest absolute Gasteiger partial charge is 0.399 e. The van der Waals surface area contributed by atoms with Gasteiger partial charge in [-0.1, -0.05) is 19.4 Å². The number of nitrogens with two attached hydrogens (primary N) is 2. The fourth-order valence-electron chi connectivity index (χ4n) is 1.35. The highest BCUT2D eigenvalue weighted by Gasteiger charge is 2.17. The van der Waals surface area contributed by atoms with Gasteiger partial charge in [0.25, 0.3) is 0 Å². The van der Waals surface area contributed by atoms with E-state index in [1.165, 1.54) is 11.8 Å². The Bertz CT molecular complexity index is 357. The first-order chi connectivity index (χ1) is 7.67. The number of hydrazine groups is 1. The van der Waals surface area contributed by atoms with Crippen LogP contribution in [0.15, 0.2) is 29.2 Å². The van der Waals surface area contributed by atoms with Crippen LogP contribution >= 0.6 is 11.8 Å². The molecule has 5 heteroatoms. The molecule has 5 N–H and O–H groups in total. The van der Waals surface area contributed by atoms with E-state index < -0.39 is 0 Å². The molecule has 1 rings (SSSR count). The first kappa shape index (κ1) is 12.9. The molecular formula is C11H17N3OS. The topological polar surface area (TPSA) is 81.1 Å². The maximum atomic E-state index is 11.5. The highest BCUT2D eigenvalue weighted by Crippen LogP contribution is 2.27. The van der Waals surface area contributed by atoms with Crippen LogP contribution in [0.4, 0.5) is 5.69 Å². The summed E-state index contributed by atoms with van der Waals surface area (Å²) in [6, 6.07) is 7.49. The predicted molar refractivity (Wildman–Crippen MR) is 67.7 cm³/mol. The molecule has 1 unspecified atom stereocenters. The third kappa shape index (κ3) is 3.75. The van der Waals surface area contributed by atoms with E-state index in [4.69, 9.17) is 11.6 Å². The molecule has 0 bridgehead atoms. The zero-order valence-corrected chi connectivity index (χ0v) is 10.1. The molecule has 0 spiro atoms. The van der Waals surface area contributed by atoms with Gasteiger partial charge in [0.2, 0.25) is 5.91 Å². The van der Waals surface area contributed by atoms with E-state index in [-0.39, 0.29) is 11.2 Å². The predicted octanol–water partition coefficient (Wildman–Crippen LogP) is 1.52. The van der Waals surface area contributed by atoms with Crippen molar-refractivity contribution in [3.8, 4) is 0 Å². The number of amides is 1. The Morgan fingerprint density at radius 2 is 2.31 bits per heavy atom. The molecule has 88 valence electrons. The molecule has 0 saturated carbocycles. The van der Waals surface area contributed by atoms with E-state index in [1.54, 1.807) is 0 Å². The summed E-state index contributed by atoms with van der Waals surface area (Å²) in [6.45, 7) is 2.04. The lowest BCUT2D eigenvalue weighted by Gasteiger charge is -2.13. The third-order valence-corrected chi connectivity index (χ3v) is 3.38. The van der Waals surface area contributed by atoms with Crippen LogP contribution < -0.4 is 17.0 Å². The first-order valence-corrected chi connectivity index (χ1v) is 6.08. The van der Waals surface area contributed by atoms with E-state index in [9.17, 15) is 4.79 Å². The smallest absolute Gasteiger partial charge is 0.247 e. The van der Waals surface area contributed by atoms with Crippen molar-refractivity contribution in [3.05, 3.63) is 24.3 Å². The van der Waals surface area contributed by atoms with E-state index in [0.717, 1.165) is 17.7 Å². The normalized spacial score (nSPS) is 12.1. The summed E-state index contributed by atoms with van der Waals surface area (Å²) in [4.78, 5) is 12.5. The van der Waals surface area contributed by atoms with Gasteiger partial charge in [0, 0.05) is 10.6 Å². The highest BCUT2D eigenvalue weighted by molar-refractivity contribution is 8.00. The number of nitrogens with one attached hydrogen (secondary N) is 1. The standard InChI is InChI=1S/C11H17N3OS/c1-2-4-10(11(15)14-13)16-9-6-3-5-8(12)7-9/h3,5-7,10H,2,4,12-13H2,1H3,(H,14,15). The summed E-state index contributed by atoms with van der Waals surface area (Å²) in [6.07, 6.45) is 1.73. The second-order valence-corrected chi connectivity index (χ2v) is 4.75. The summed E-state index contributed by atoms with van der Waals surface area (Å²) in [5.74, 6) is 5.01. The lowest BCUT2D eigenvalue weighted by Crippen LogP contribution is -2.37. The number of hydrogen-bond acceptors (Lipinski definition) is 4. The van der Waals surface area contributed by atoms with Crippen LogP contribution in [-0.4, -0.2) is 11.2 Å². The number of benzene rings is 1. The van der Waals surface area contributed by atoms with Crippen molar-refractivity contribution in [1.29, 1.82) is 0 Å². The summed E-state index contributed by atoms with van der Waals surface area (Å²) < 4.78 is 0. The van der Waals surface area contributed by atoms with E-state index in [2.05, 4.69) is 5.43 Å². The van der Waals surface area contributed by atoms with Gasteiger partial charge in [-0.3, -0.25) is 10.2 Å². The average Bonchev–Trinajstić information content (AvgIpc) is 2.27. The summed E-state index contributed by atoms with van der Waals surface area (Å²) >= 11 is 1.49. The van der Waals surface area contributed by atoms with Crippen LogP contribution in [0.2, 0.25) is 0 Å². The minimum Gasteiger partial charge on any atom is -0.399 e. The van der Waals surface area contributed by atoms with Gasteiger partial charge < -0.3 is 5.73 Å². The van der Waals surface area contributed by atoms with E-state index >= 15 is 0 Å². The van der Waals surface area contributed by atoms with Crippen LogP contribution in [0.1, 0.15) is 19.8 Å². The van der Waals surface area contributed by atoms with Crippen molar-refractivity contribution in [1.82, 2.24) is 5.43 Å². The van der Waals surface area contributed by atoms with Gasteiger partial charge in [0.1, 0.15) is 0 Å². The number of carbonyl (C=O) groups excluding carboxylic acids is 1. The zero-order chi connectivity index (χ0) is 12.0. The Labute approximate surface area is 99.7 Å². The lowest BCUT2D eigenvalue weighted by molar-refractivity contribution is -0.120. The number of rotatable bonds is 5. The van der Waals surface area contributed by atoms with E-state index in [1.807, 2.05) is 31.2 Å². The van der Waals surface area contributed by atoms with Crippen molar-refractivity contribution in [2.24, 2.45) is 5.84 Å². The molecule has 0 heterocycles. The fourth-order valence-corrected chi connectivity index (χ4v) is 2.57. The molecule has 0 aliphatic heterocycles. The molecule has 1 aromatic rings. The SMILES string of the molecule is CCCC(Sc1cccc(N)c1)C(=O)NN. The molecule has 0 radical (unpaired) electrons. The number of nitrogen functional groups attached to an aromatic ring is 1. The molecule has 1 amide bonds. The molecule has 0 fully saturated rings. The van der Waals surface area contributed by atoms with Gasteiger partial charge in [-0.05, 0) is 24.6 Å². The molecule has 1 atom stereocenters. The minimum atomic E-state index is -0.156. The summed E-state index contributed by atoms with van der Waals surface area (Å²) in [5.41, 5.74) is 8.57. The van der Waals surface area contributed by atoms with Crippen LogP contribution in [0.3, 0.4) is 0 Å². The van der Waals surface area contributed by atoms with Gasteiger partial charge in [-0.2, -0.15) is 0 Å². The van der Waals surface area contributed by atoms with E-state index in [0.29, 0.717) is 5.69 Å². The van der Waals surface area contributed by atoms with Gasteiger partial charge >= 0.3 is 0 Å². The number of thioether (sulfide) groups is 1. The number of anilines is 1. The third-order valence-electron chi connectivity index (χ3n) is 2.12. The molecule has 4 nitrogen and oxygen atoms in total. The van der Waals surface area contributed by atoms with Crippen LogP contribution in [0.25, 0.3) is 0 Å². The molecular weight excluding hydrogens is 222 g/mol. The monoisotopic (exact) mass is 239 g/mol. The zero-order valence-electron chi connectivity index (χ0n) is 9.27. The molecule has 0 saturated heterocycles. The van der Waals surface area contributed by atoms with Crippen molar-refractivity contribution < 1.29 is 4.79 Å². The Hall–Kier alpha value is -1.20. The Morgan fingerprint density at radius 1 is 1.56 bits per heavy atom. The van der Waals surface area contributed by atoms with Crippen molar-refractivity contribution in [2.45, 2.75) is 29.9 Å². The van der Waals surface area contributed by atoms with Gasteiger partial charge in [-0.15, -0.1) is 11.8 Å². The Morgan fingerprint density at radius 3 is 2.88 bits per heavy atom. The Kier molecular flexibility index (Phi) is 5.14. The quantitative estimate of drug-likeness (QED) is 0.239. The second kappa shape index (κ2) is 6.40. The molecule has 0 aliphatic carbocycles. The van der Waals surface area contributed by atoms with Crippen molar-refractivity contribution in [2.75, 3.05) is 5.73 Å². The first-order valence-electron chi connectivity index (χ1n) is 5.20. The second-order valence-electron chi connectivity index (χ2n) is 3.48. The molecule has 0 aliphatic rings. The van der Waals surface area contributed by atoms with Crippen molar-refractivity contribution >= 4 is 23.4 Å². The minimum absolute atomic E-state index is 0.144. The summed E-state index contributed by atoms with van der Waals surface area (Å²) in [5, 5.41) is -0.156. The van der Waals surface area contributed by atoms with Gasteiger partial charge in [0.15, 0.2) is 0 Å². The lowest BCUT2D eigenvalue weighted by atomic mass is 10.2. The van der Waals surface area contributed by atoms with Crippen LogP contribution in [0, 0.1) is 0 Å². The average molecular weight is 239 g/mol. The molecule has 1 aromatic carbocycles. The van der Waals surface area contributed by atoms with Crippen molar-refractivity contribution in [3.63, 3.8) is 0 Å². The molecule has 0 aromatic heterocycles. The molecule has 16 heavy (non-hydrogen) atoms. The van der Waals surface area contributed by atoms with Crippen LogP contribution in [-0.2, 0) is 4.79 Å². The number of carbonyl (C=O) groups is 1. The number of hydrogen-bond donors (Lipinski definition) is 3. The van der Waals surface area contributed by atoms with Gasteiger partial charge in [-0.25, -0.2) is 5.84 Å². The maximum absolute atomic E-state index is 11.5.